The van der Waals surface area contributed by atoms with Gasteiger partial charge in [-0.2, -0.15) is 4.99 Å². The molecule has 0 spiro atoms. The maximum absolute atomic E-state index is 11.6. The molecule has 0 aromatic carbocycles. The van der Waals surface area contributed by atoms with Gasteiger partial charge in [-0.15, -0.1) is 0 Å². The van der Waals surface area contributed by atoms with Gasteiger partial charge in [-0.3, -0.25) is 9.79 Å². The molecular formula is C11H19N5O3. The molecule has 0 aliphatic carbocycles. The lowest BCUT2D eigenvalue weighted by Crippen LogP contribution is -2.37. The number of aliphatic hydroxyl groups excluding tert-OH is 1. The van der Waals surface area contributed by atoms with Gasteiger partial charge < -0.3 is 26.6 Å². The Hall–Kier alpha value is -1.93. The van der Waals surface area contributed by atoms with Crippen molar-refractivity contribution in [1.29, 1.82) is 0 Å². The van der Waals surface area contributed by atoms with E-state index in [1.165, 1.54) is 0 Å². The fraction of sp³-hybridized carbons (Fsp3) is 0.545. The van der Waals surface area contributed by atoms with Crippen LogP contribution in [0.3, 0.4) is 0 Å². The van der Waals surface area contributed by atoms with Crippen molar-refractivity contribution in [1.82, 2.24) is 5.32 Å². The van der Waals surface area contributed by atoms with E-state index >= 15 is 0 Å². The maximum Gasteiger partial charge on any atom is 0.315 e. The smallest absolute Gasteiger partial charge is 0.315 e. The highest BCUT2D eigenvalue weighted by molar-refractivity contribution is 6.40. The SMILES string of the molecule is CC(CO)OC(C)C1C=CNC(C(=O)N=C(N)N)=N1. The third-order valence-electron chi connectivity index (χ3n) is 2.41. The summed E-state index contributed by atoms with van der Waals surface area (Å²) in [6, 6.07) is -0.344. The van der Waals surface area contributed by atoms with Gasteiger partial charge in [0.25, 0.3) is 0 Å². The third kappa shape index (κ3) is 4.68. The number of rotatable bonds is 5. The van der Waals surface area contributed by atoms with Crippen LogP contribution in [0, 0.1) is 0 Å². The minimum Gasteiger partial charge on any atom is -0.394 e. The molecule has 0 aromatic heterocycles. The second-order valence-corrected chi connectivity index (χ2v) is 4.15. The van der Waals surface area contributed by atoms with Crippen LogP contribution >= 0.6 is 0 Å². The van der Waals surface area contributed by atoms with Crippen molar-refractivity contribution in [2.45, 2.75) is 32.1 Å². The monoisotopic (exact) mass is 269 g/mol. The van der Waals surface area contributed by atoms with E-state index in [1.54, 1.807) is 26.1 Å². The average molecular weight is 269 g/mol. The molecule has 0 radical (unpaired) electrons. The summed E-state index contributed by atoms with van der Waals surface area (Å²) >= 11 is 0. The zero-order valence-electron chi connectivity index (χ0n) is 10.9. The Morgan fingerprint density at radius 1 is 1.63 bits per heavy atom. The van der Waals surface area contributed by atoms with E-state index in [0.717, 1.165) is 0 Å². The Bertz CT molecular complexity index is 415. The van der Waals surface area contributed by atoms with E-state index in [1.807, 2.05) is 0 Å². The highest BCUT2D eigenvalue weighted by atomic mass is 16.5. The van der Waals surface area contributed by atoms with E-state index in [9.17, 15) is 4.79 Å². The Balaban J connectivity index is 2.73. The van der Waals surface area contributed by atoms with Crippen molar-refractivity contribution >= 4 is 17.7 Å². The van der Waals surface area contributed by atoms with Crippen molar-refractivity contribution in [2.24, 2.45) is 21.5 Å². The van der Waals surface area contributed by atoms with E-state index in [0.29, 0.717) is 0 Å². The molecule has 106 valence electrons. The Labute approximate surface area is 111 Å². The Morgan fingerprint density at radius 3 is 2.89 bits per heavy atom. The van der Waals surface area contributed by atoms with Crippen molar-refractivity contribution in [3.05, 3.63) is 12.3 Å². The molecule has 3 unspecified atom stereocenters. The number of nitrogens with one attached hydrogen (secondary N) is 1. The first-order valence-electron chi connectivity index (χ1n) is 5.85. The number of ether oxygens (including phenoxy) is 1. The van der Waals surface area contributed by atoms with Crippen LogP contribution in [0.2, 0.25) is 0 Å². The van der Waals surface area contributed by atoms with Crippen molar-refractivity contribution < 1.29 is 14.6 Å². The van der Waals surface area contributed by atoms with E-state index in [4.69, 9.17) is 21.3 Å². The fourth-order valence-corrected chi connectivity index (χ4v) is 1.49. The fourth-order valence-electron chi connectivity index (χ4n) is 1.49. The summed E-state index contributed by atoms with van der Waals surface area (Å²) in [5.41, 5.74) is 10.3. The quantitative estimate of drug-likeness (QED) is 0.353. The lowest BCUT2D eigenvalue weighted by molar-refractivity contribution is -0.112. The molecule has 8 nitrogen and oxygen atoms in total. The van der Waals surface area contributed by atoms with Crippen molar-refractivity contribution in [2.75, 3.05) is 6.61 Å². The van der Waals surface area contributed by atoms with E-state index in [-0.39, 0.29) is 36.7 Å². The molecule has 0 aromatic rings. The highest BCUT2D eigenvalue weighted by Crippen LogP contribution is 2.11. The number of hydrogen-bond donors (Lipinski definition) is 4. The van der Waals surface area contributed by atoms with E-state index < -0.39 is 5.91 Å². The molecular weight excluding hydrogens is 250 g/mol. The number of hydrogen-bond acceptors (Lipinski definition) is 5. The van der Waals surface area contributed by atoms with Gasteiger partial charge in [0, 0.05) is 6.20 Å². The normalized spacial score (nSPS) is 21.0. The van der Waals surface area contributed by atoms with Gasteiger partial charge in [-0.25, -0.2) is 0 Å². The number of nitrogens with zero attached hydrogens (tertiary/aromatic N) is 2. The number of amidine groups is 1. The molecule has 1 aliphatic rings. The van der Waals surface area contributed by atoms with Crippen molar-refractivity contribution in [3.8, 4) is 0 Å². The van der Waals surface area contributed by atoms with Gasteiger partial charge >= 0.3 is 5.91 Å². The first-order chi connectivity index (χ1) is 8.93. The van der Waals surface area contributed by atoms with E-state index in [2.05, 4.69) is 15.3 Å². The van der Waals surface area contributed by atoms with Crippen LogP contribution < -0.4 is 16.8 Å². The van der Waals surface area contributed by atoms with Crippen LogP contribution in [-0.2, 0) is 9.53 Å². The van der Waals surface area contributed by atoms with Crippen LogP contribution in [0.1, 0.15) is 13.8 Å². The molecule has 1 rings (SSSR count). The van der Waals surface area contributed by atoms with Crippen LogP contribution in [0.4, 0.5) is 0 Å². The molecule has 8 heteroatoms. The average Bonchev–Trinajstić information content (AvgIpc) is 2.37. The lowest BCUT2D eigenvalue weighted by Gasteiger charge is -2.24. The summed E-state index contributed by atoms with van der Waals surface area (Å²) in [7, 11) is 0. The molecule has 1 aliphatic heterocycles. The minimum absolute atomic E-state index is 0.0491. The van der Waals surface area contributed by atoms with Gasteiger partial charge in [0.1, 0.15) is 0 Å². The van der Waals surface area contributed by atoms with Gasteiger partial charge in [0.2, 0.25) is 0 Å². The van der Waals surface area contributed by atoms with Crippen LogP contribution in [0.15, 0.2) is 22.3 Å². The molecule has 19 heavy (non-hydrogen) atoms. The molecule has 1 heterocycles. The maximum atomic E-state index is 11.6. The van der Waals surface area contributed by atoms with Crippen molar-refractivity contribution in [3.63, 3.8) is 0 Å². The number of carbonyl (C=O) groups excluding carboxylic acids is 1. The zero-order valence-corrected chi connectivity index (χ0v) is 10.9. The number of amides is 1. The summed E-state index contributed by atoms with van der Waals surface area (Å²) in [5, 5.41) is 11.6. The highest BCUT2D eigenvalue weighted by Gasteiger charge is 2.22. The number of aliphatic imine (C=N–C) groups is 2. The summed E-state index contributed by atoms with van der Waals surface area (Å²) in [6.45, 7) is 3.47. The molecule has 0 saturated carbocycles. The summed E-state index contributed by atoms with van der Waals surface area (Å²) in [5.74, 6) is -0.913. The lowest BCUT2D eigenvalue weighted by atomic mass is 10.1. The van der Waals surface area contributed by atoms with Crippen LogP contribution in [0.25, 0.3) is 0 Å². The third-order valence-corrected chi connectivity index (χ3v) is 2.41. The number of aliphatic hydroxyl groups is 1. The Morgan fingerprint density at radius 2 is 2.32 bits per heavy atom. The zero-order chi connectivity index (χ0) is 14.4. The molecule has 0 bridgehead atoms. The van der Waals surface area contributed by atoms with Gasteiger partial charge in [0.05, 0.1) is 24.9 Å². The second-order valence-electron chi connectivity index (χ2n) is 4.15. The summed E-state index contributed by atoms with van der Waals surface area (Å²) < 4.78 is 5.52. The molecule has 0 fully saturated rings. The molecule has 6 N–H and O–H groups in total. The van der Waals surface area contributed by atoms with Crippen LogP contribution in [-0.4, -0.2) is 47.7 Å². The standard InChI is InChI=1S/C11H19N5O3/c1-6(5-17)19-7(2)8-3-4-14-9(15-8)10(18)16-11(12)13/h3-4,6-8,17H,5H2,1-2H3,(H,14,15)(H4,12,13,16,18). The van der Waals surface area contributed by atoms with Gasteiger partial charge in [-0.05, 0) is 19.9 Å². The topological polar surface area (TPSA) is 135 Å². The molecule has 0 saturated heterocycles. The first kappa shape index (κ1) is 15.1. The molecule has 1 amide bonds. The summed E-state index contributed by atoms with van der Waals surface area (Å²) in [6.07, 6.45) is 2.74. The number of carbonyl (C=O) groups is 1. The van der Waals surface area contributed by atoms with Gasteiger partial charge in [0.15, 0.2) is 11.8 Å². The second kappa shape index (κ2) is 6.86. The Kier molecular flexibility index (Phi) is 5.46. The predicted octanol–water partition coefficient (Wildman–Crippen LogP) is -1.54. The van der Waals surface area contributed by atoms with Gasteiger partial charge in [-0.1, -0.05) is 0 Å². The van der Waals surface area contributed by atoms with Crippen LogP contribution in [0.5, 0.6) is 0 Å². The first-order valence-corrected chi connectivity index (χ1v) is 5.85. The largest absolute Gasteiger partial charge is 0.394 e. The molecule has 3 atom stereocenters. The summed E-state index contributed by atoms with van der Waals surface area (Å²) in [4.78, 5) is 19.2. The predicted molar refractivity (Wildman–Crippen MR) is 71.4 cm³/mol. The number of guanidine groups is 1. The number of nitrogens with two attached hydrogens (primary N) is 2. The minimum atomic E-state index is -0.642.